The molecule has 0 aliphatic rings. The minimum atomic E-state index is 0.135. The van der Waals surface area contributed by atoms with Gasteiger partial charge in [-0.05, 0) is 37.0 Å². The van der Waals surface area contributed by atoms with Gasteiger partial charge in [0.15, 0.2) is 0 Å². The maximum absolute atomic E-state index is 11.7. The maximum Gasteiger partial charge on any atom is 0.224 e. The first-order valence-electron chi connectivity index (χ1n) is 8.65. The number of unbranched alkanes of at least 4 members (excludes halogenated alkanes) is 6. The maximum atomic E-state index is 11.7. The number of carbonyl (C=O) groups is 1. The molecule has 0 radical (unpaired) electrons. The predicted molar refractivity (Wildman–Crippen MR) is 91.7 cm³/mol. The Balaban J connectivity index is 2.25. The van der Waals surface area contributed by atoms with Gasteiger partial charge in [0, 0.05) is 12.1 Å². The summed E-state index contributed by atoms with van der Waals surface area (Å²) in [6, 6.07) is 8.33. The second kappa shape index (κ2) is 11.4. The zero-order valence-electron chi connectivity index (χ0n) is 13.8. The van der Waals surface area contributed by atoms with Gasteiger partial charge in [-0.1, -0.05) is 64.5 Å². The highest BCUT2D eigenvalue weighted by molar-refractivity contribution is 5.90. The van der Waals surface area contributed by atoms with E-state index in [1.807, 2.05) is 12.1 Å². The van der Waals surface area contributed by atoms with Crippen molar-refractivity contribution in [1.29, 1.82) is 0 Å². The van der Waals surface area contributed by atoms with Gasteiger partial charge in [-0.3, -0.25) is 4.79 Å². The molecule has 0 spiro atoms. The first-order chi connectivity index (χ1) is 10.3. The Kier molecular flexibility index (Phi) is 9.60. The van der Waals surface area contributed by atoms with Crippen molar-refractivity contribution in [2.75, 3.05) is 5.32 Å². The Morgan fingerprint density at radius 1 is 0.857 bits per heavy atom. The van der Waals surface area contributed by atoms with Crippen LogP contribution in [0.5, 0.6) is 0 Å². The summed E-state index contributed by atoms with van der Waals surface area (Å²) in [7, 11) is 0. The molecule has 0 unspecified atom stereocenters. The van der Waals surface area contributed by atoms with Crippen molar-refractivity contribution in [2.24, 2.45) is 0 Å². The fourth-order valence-electron chi connectivity index (χ4n) is 2.45. The summed E-state index contributed by atoms with van der Waals surface area (Å²) in [6.45, 7) is 4.40. The largest absolute Gasteiger partial charge is 0.326 e. The van der Waals surface area contributed by atoms with Crippen LogP contribution in [0.2, 0.25) is 0 Å². The van der Waals surface area contributed by atoms with E-state index in [0.717, 1.165) is 31.4 Å². The van der Waals surface area contributed by atoms with Gasteiger partial charge < -0.3 is 5.32 Å². The van der Waals surface area contributed by atoms with Crippen LogP contribution >= 0.6 is 0 Å². The SMILES string of the molecule is CCCCCCCc1ccc(NC(=O)CCCCC)cc1. The van der Waals surface area contributed by atoms with Gasteiger partial charge in [-0.25, -0.2) is 0 Å². The summed E-state index contributed by atoms with van der Waals surface area (Å²) >= 11 is 0. The molecule has 0 saturated heterocycles. The first-order valence-corrected chi connectivity index (χ1v) is 8.65. The molecule has 1 N–H and O–H groups in total. The van der Waals surface area contributed by atoms with Gasteiger partial charge >= 0.3 is 0 Å². The Labute approximate surface area is 130 Å². The van der Waals surface area contributed by atoms with E-state index in [1.54, 1.807) is 0 Å². The molecule has 0 heterocycles. The summed E-state index contributed by atoms with van der Waals surface area (Å²) in [5.41, 5.74) is 2.29. The summed E-state index contributed by atoms with van der Waals surface area (Å²) in [4.78, 5) is 11.7. The van der Waals surface area contributed by atoms with Crippen LogP contribution in [-0.2, 0) is 11.2 Å². The van der Waals surface area contributed by atoms with Gasteiger partial charge in [-0.2, -0.15) is 0 Å². The van der Waals surface area contributed by atoms with Crippen LogP contribution in [0, 0.1) is 0 Å². The number of nitrogens with one attached hydrogen (secondary N) is 1. The Morgan fingerprint density at radius 3 is 2.14 bits per heavy atom. The number of hydrogen-bond acceptors (Lipinski definition) is 1. The van der Waals surface area contributed by atoms with E-state index in [4.69, 9.17) is 0 Å². The van der Waals surface area contributed by atoms with Gasteiger partial charge in [0.1, 0.15) is 0 Å². The number of amides is 1. The van der Waals surface area contributed by atoms with Crippen molar-refractivity contribution in [2.45, 2.75) is 78.1 Å². The first kappa shape index (κ1) is 17.7. The molecule has 0 aromatic heterocycles. The normalized spacial score (nSPS) is 10.6. The molecular formula is C19H31NO. The quantitative estimate of drug-likeness (QED) is 0.519. The Bertz CT molecular complexity index is 383. The highest BCUT2D eigenvalue weighted by Gasteiger charge is 2.02. The number of anilines is 1. The monoisotopic (exact) mass is 289 g/mol. The number of rotatable bonds is 11. The molecule has 1 aromatic carbocycles. The van der Waals surface area contributed by atoms with E-state index in [1.165, 1.54) is 37.7 Å². The van der Waals surface area contributed by atoms with E-state index >= 15 is 0 Å². The second-order valence-electron chi connectivity index (χ2n) is 5.87. The van der Waals surface area contributed by atoms with Crippen molar-refractivity contribution in [1.82, 2.24) is 0 Å². The average Bonchev–Trinajstić information content (AvgIpc) is 2.49. The number of benzene rings is 1. The standard InChI is InChI=1S/C19H31NO/c1-3-5-7-8-10-11-17-13-15-18(16-14-17)20-19(21)12-9-6-4-2/h13-16H,3-12H2,1-2H3,(H,20,21). The molecule has 1 amide bonds. The second-order valence-corrected chi connectivity index (χ2v) is 5.87. The van der Waals surface area contributed by atoms with Crippen LogP contribution in [0.3, 0.4) is 0 Å². The summed E-state index contributed by atoms with van der Waals surface area (Å²) < 4.78 is 0. The lowest BCUT2D eigenvalue weighted by Gasteiger charge is -2.07. The third kappa shape index (κ3) is 8.54. The van der Waals surface area contributed by atoms with Crippen LogP contribution in [0.4, 0.5) is 5.69 Å². The smallest absolute Gasteiger partial charge is 0.224 e. The number of hydrogen-bond donors (Lipinski definition) is 1. The molecule has 0 bridgehead atoms. The molecule has 21 heavy (non-hydrogen) atoms. The lowest BCUT2D eigenvalue weighted by Crippen LogP contribution is -2.10. The van der Waals surface area contributed by atoms with E-state index in [9.17, 15) is 4.79 Å². The zero-order chi connectivity index (χ0) is 15.3. The van der Waals surface area contributed by atoms with Gasteiger partial charge in [-0.15, -0.1) is 0 Å². The molecule has 0 aliphatic carbocycles. The Hall–Kier alpha value is -1.31. The molecule has 2 nitrogen and oxygen atoms in total. The van der Waals surface area contributed by atoms with Crippen molar-refractivity contribution < 1.29 is 4.79 Å². The third-order valence-electron chi connectivity index (χ3n) is 3.81. The molecule has 0 atom stereocenters. The lowest BCUT2D eigenvalue weighted by atomic mass is 10.1. The molecule has 1 aromatic rings. The highest BCUT2D eigenvalue weighted by Crippen LogP contribution is 2.14. The topological polar surface area (TPSA) is 29.1 Å². The number of carbonyl (C=O) groups excluding carboxylic acids is 1. The van der Waals surface area contributed by atoms with Crippen LogP contribution in [-0.4, -0.2) is 5.91 Å². The molecular weight excluding hydrogens is 258 g/mol. The van der Waals surface area contributed by atoms with Crippen molar-refractivity contribution in [3.8, 4) is 0 Å². The van der Waals surface area contributed by atoms with Crippen molar-refractivity contribution in [3.05, 3.63) is 29.8 Å². The van der Waals surface area contributed by atoms with Crippen LogP contribution < -0.4 is 5.32 Å². The highest BCUT2D eigenvalue weighted by atomic mass is 16.1. The van der Waals surface area contributed by atoms with Crippen LogP contribution in [0.15, 0.2) is 24.3 Å². The van der Waals surface area contributed by atoms with Gasteiger partial charge in [0.2, 0.25) is 5.91 Å². The molecule has 2 heteroatoms. The van der Waals surface area contributed by atoms with Gasteiger partial charge in [0.25, 0.3) is 0 Å². The van der Waals surface area contributed by atoms with Crippen molar-refractivity contribution >= 4 is 11.6 Å². The zero-order valence-corrected chi connectivity index (χ0v) is 13.8. The van der Waals surface area contributed by atoms with E-state index in [0.29, 0.717) is 6.42 Å². The fraction of sp³-hybridized carbons (Fsp3) is 0.632. The molecule has 118 valence electrons. The number of aryl methyl sites for hydroxylation is 1. The third-order valence-corrected chi connectivity index (χ3v) is 3.81. The summed E-state index contributed by atoms with van der Waals surface area (Å²) in [5, 5.41) is 2.97. The minimum absolute atomic E-state index is 0.135. The predicted octanol–water partition coefficient (Wildman–Crippen LogP) is 5.72. The summed E-state index contributed by atoms with van der Waals surface area (Å²) in [6.07, 6.45) is 11.6. The minimum Gasteiger partial charge on any atom is -0.326 e. The molecule has 1 rings (SSSR count). The average molecular weight is 289 g/mol. The van der Waals surface area contributed by atoms with E-state index in [2.05, 4.69) is 31.3 Å². The van der Waals surface area contributed by atoms with Crippen LogP contribution in [0.1, 0.15) is 77.2 Å². The molecule has 0 fully saturated rings. The summed E-state index contributed by atoms with van der Waals surface area (Å²) in [5.74, 6) is 0.135. The molecule has 0 saturated carbocycles. The van der Waals surface area contributed by atoms with E-state index < -0.39 is 0 Å². The Morgan fingerprint density at radius 2 is 1.48 bits per heavy atom. The van der Waals surface area contributed by atoms with Gasteiger partial charge in [0.05, 0.1) is 0 Å². The molecule has 0 aliphatic heterocycles. The fourth-order valence-corrected chi connectivity index (χ4v) is 2.45. The van der Waals surface area contributed by atoms with Crippen LogP contribution in [0.25, 0.3) is 0 Å². The van der Waals surface area contributed by atoms with E-state index in [-0.39, 0.29) is 5.91 Å². The van der Waals surface area contributed by atoms with Crippen molar-refractivity contribution in [3.63, 3.8) is 0 Å². The lowest BCUT2D eigenvalue weighted by molar-refractivity contribution is -0.116.